The van der Waals surface area contributed by atoms with Crippen molar-refractivity contribution >= 4 is 27.3 Å². The third-order valence-corrected chi connectivity index (χ3v) is 5.99. The Morgan fingerprint density at radius 3 is 2.76 bits per heavy atom. The van der Waals surface area contributed by atoms with E-state index in [1.54, 1.807) is 0 Å². The third-order valence-electron chi connectivity index (χ3n) is 4.38. The van der Waals surface area contributed by atoms with E-state index >= 15 is 0 Å². The van der Waals surface area contributed by atoms with E-state index in [0.717, 1.165) is 11.8 Å². The fourth-order valence-corrected chi connectivity index (χ4v) is 5.00. The number of likely N-dealkylation sites (tertiary alicyclic amines) is 1. The summed E-state index contributed by atoms with van der Waals surface area (Å²) in [6, 6.07) is 4.44. The quantitative estimate of drug-likeness (QED) is 0.775. The zero-order chi connectivity index (χ0) is 11.7. The predicted octanol–water partition coefficient (Wildman–Crippen LogP) is 4.52. The Balaban J connectivity index is 1.58. The third kappa shape index (κ3) is 2.94. The van der Waals surface area contributed by atoms with E-state index in [1.807, 2.05) is 11.3 Å². The van der Waals surface area contributed by atoms with E-state index in [2.05, 4.69) is 33.0 Å². The topological polar surface area (TPSA) is 3.24 Å². The summed E-state index contributed by atoms with van der Waals surface area (Å²) in [6.07, 6.45) is 7.38. The molecule has 0 aromatic carbocycles. The van der Waals surface area contributed by atoms with Crippen LogP contribution < -0.4 is 0 Å². The number of hydrogen-bond donors (Lipinski definition) is 0. The van der Waals surface area contributed by atoms with Gasteiger partial charge < -0.3 is 0 Å². The van der Waals surface area contributed by atoms with Crippen LogP contribution in [0, 0.1) is 11.8 Å². The minimum atomic E-state index is 1.00. The summed E-state index contributed by atoms with van der Waals surface area (Å²) in [4.78, 5) is 4.18. The second-order valence-electron chi connectivity index (χ2n) is 5.53. The summed E-state index contributed by atoms with van der Waals surface area (Å²) in [7, 11) is 0. The van der Waals surface area contributed by atoms with Crippen LogP contribution in [0.3, 0.4) is 0 Å². The molecule has 2 fully saturated rings. The first-order valence-electron chi connectivity index (χ1n) is 6.78. The highest BCUT2D eigenvalue weighted by Gasteiger charge is 2.30. The van der Waals surface area contributed by atoms with Crippen LogP contribution in [-0.2, 0) is 6.54 Å². The maximum atomic E-state index is 3.55. The zero-order valence-corrected chi connectivity index (χ0v) is 12.6. The van der Waals surface area contributed by atoms with Gasteiger partial charge in [0.05, 0.1) is 3.79 Å². The van der Waals surface area contributed by atoms with Gasteiger partial charge in [-0.25, -0.2) is 0 Å². The number of halogens is 1. The second-order valence-corrected chi connectivity index (χ2v) is 8.08. The van der Waals surface area contributed by atoms with Crippen molar-refractivity contribution in [1.29, 1.82) is 0 Å². The first kappa shape index (κ1) is 12.2. The number of rotatable bonds is 2. The van der Waals surface area contributed by atoms with E-state index in [9.17, 15) is 0 Å². The summed E-state index contributed by atoms with van der Waals surface area (Å²) in [5.74, 6) is 2.05. The molecule has 2 atom stereocenters. The highest BCUT2D eigenvalue weighted by Crippen LogP contribution is 2.36. The lowest BCUT2D eigenvalue weighted by Gasteiger charge is -2.41. The predicted molar refractivity (Wildman–Crippen MR) is 77.4 cm³/mol. The summed E-state index contributed by atoms with van der Waals surface area (Å²) < 4.78 is 1.26. The molecule has 1 aliphatic heterocycles. The number of nitrogens with zero attached hydrogens (tertiary/aromatic N) is 1. The molecule has 1 nitrogen and oxygen atoms in total. The van der Waals surface area contributed by atoms with Crippen molar-refractivity contribution in [1.82, 2.24) is 4.90 Å². The smallest absolute Gasteiger partial charge is 0.0701 e. The van der Waals surface area contributed by atoms with Gasteiger partial charge in [-0.2, -0.15) is 0 Å². The SMILES string of the molecule is Brc1ccc(CN2CCC3CCCCC3C2)s1. The summed E-state index contributed by atoms with van der Waals surface area (Å²) in [5, 5.41) is 0. The van der Waals surface area contributed by atoms with Crippen molar-refractivity contribution < 1.29 is 0 Å². The van der Waals surface area contributed by atoms with Crippen molar-refractivity contribution in [3.63, 3.8) is 0 Å². The number of hydrogen-bond acceptors (Lipinski definition) is 2. The highest BCUT2D eigenvalue weighted by molar-refractivity contribution is 9.11. The molecule has 0 amide bonds. The van der Waals surface area contributed by atoms with E-state index in [1.165, 1.54) is 60.4 Å². The molecule has 3 rings (SSSR count). The van der Waals surface area contributed by atoms with Gasteiger partial charge in [-0.3, -0.25) is 4.90 Å². The fraction of sp³-hybridized carbons (Fsp3) is 0.714. The molecule has 1 aromatic rings. The minimum absolute atomic E-state index is 1.00. The standard InChI is InChI=1S/C14H20BrNS/c15-14-6-5-13(17-14)10-16-8-7-11-3-1-2-4-12(11)9-16/h5-6,11-12H,1-4,7-10H2. The Morgan fingerprint density at radius 2 is 2.00 bits per heavy atom. The molecule has 0 bridgehead atoms. The first-order chi connectivity index (χ1) is 8.31. The average Bonchev–Trinajstić information content (AvgIpc) is 2.75. The number of thiophene rings is 1. The van der Waals surface area contributed by atoms with Gasteiger partial charge in [0.2, 0.25) is 0 Å². The van der Waals surface area contributed by atoms with E-state index in [-0.39, 0.29) is 0 Å². The lowest BCUT2D eigenvalue weighted by atomic mass is 9.75. The Bertz CT molecular complexity index is 376. The molecule has 1 aromatic heterocycles. The Morgan fingerprint density at radius 1 is 1.18 bits per heavy atom. The largest absolute Gasteiger partial charge is 0.298 e. The molecule has 3 heteroatoms. The number of piperidine rings is 1. The van der Waals surface area contributed by atoms with Crippen molar-refractivity contribution in [2.75, 3.05) is 13.1 Å². The summed E-state index contributed by atoms with van der Waals surface area (Å²) in [5.41, 5.74) is 0. The lowest BCUT2D eigenvalue weighted by molar-refractivity contribution is 0.0827. The molecule has 94 valence electrons. The van der Waals surface area contributed by atoms with Gasteiger partial charge in [0.1, 0.15) is 0 Å². The highest BCUT2D eigenvalue weighted by atomic mass is 79.9. The van der Waals surface area contributed by atoms with Crippen molar-refractivity contribution in [2.24, 2.45) is 11.8 Å². The lowest BCUT2D eigenvalue weighted by Crippen LogP contribution is -2.41. The molecule has 2 heterocycles. The summed E-state index contributed by atoms with van der Waals surface area (Å²) in [6.45, 7) is 3.83. The van der Waals surface area contributed by atoms with Crippen LogP contribution in [0.2, 0.25) is 0 Å². The van der Waals surface area contributed by atoms with Gasteiger partial charge in [0.25, 0.3) is 0 Å². The van der Waals surface area contributed by atoms with Crippen molar-refractivity contribution in [2.45, 2.75) is 38.6 Å². The van der Waals surface area contributed by atoms with Crippen LogP contribution in [0.1, 0.15) is 37.0 Å². The molecule has 1 saturated carbocycles. The molecule has 17 heavy (non-hydrogen) atoms. The van der Waals surface area contributed by atoms with Gasteiger partial charge in [0.15, 0.2) is 0 Å². The van der Waals surface area contributed by atoms with Gasteiger partial charge in [0, 0.05) is 18.0 Å². The van der Waals surface area contributed by atoms with E-state index in [4.69, 9.17) is 0 Å². The maximum absolute atomic E-state index is 3.55. The van der Waals surface area contributed by atoms with Gasteiger partial charge in [-0.05, 0) is 59.3 Å². The van der Waals surface area contributed by atoms with Crippen LogP contribution in [0.4, 0.5) is 0 Å². The van der Waals surface area contributed by atoms with E-state index in [0.29, 0.717) is 0 Å². The molecule has 2 unspecified atom stereocenters. The van der Waals surface area contributed by atoms with Gasteiger partial charge in [-0.15, -0.1) is 11.3 Å². The van der Waals surface area contributed by atoms with Crippen molar-refractivity contribution in [3.8, 4) is 0 Å². The van der Waals surface area contributed by atoms with Gasteiger partial charge in [-0.1, -0.05) is 19.3 Å². The zero-order valence-electron chi connectivity index (χ0n) is 10.2. The molecule has 1 saturated heterocycles. The van der Waals surface area contributed by atoms with E-state index < -0.39 is 0 Å². The monoisotopic (exact) mass is 313 g/mol. The Hall–Kier alpha value is 0.140. The van der Waals surface area contributed by atoms with Crippen LogP contribution in [0.15, 0.2) is 15.9 Å². The first-order valence-corrected chi connectivity index (χ1v) is 8.39. The van der Waals surface area contributed by atoms with Crippen LogP contribution in [0.25, 0.3) is 0 Å². The van der Waals surface area contributed by atoms with Crippen LogP contribution >= 0.6 is 27.3 Å². The molecular formula is C14H20BrNS. The maximum Gasteiger partial charge on any atom is 0.0701 e. The number of fused-ring (bicyclic) bond motifs is 1. The Kier molecular flexibility index (Phi) is 3.88. The van der Waals surface area contributed by atoms with Crippen molar-refractivity contribution in [3.05, 3.63) is 20.8 Å². The Labute approximate surface area is 116 Å². The van der Waals surface area contributed by atoms with Crippen LogP contribution in [0.5, 0.6) is 0 Å². The minimum Gasteiger partial charge on any atom is -0.298 e. The molecular weight excluding hydrogens is 294 g/mol. The molecule has 1 aliphatic carbocycles. The second kappa shape index (κ2) is 5.41. The summed E-state index contributed by atoms with van der Waals surface area (Å²) >= 11 is 5.44. The molecule has 0 radical (unpaired) electrons. The normalized spacial score (nSPS) is 30.2. The van der Waals surface area contributed by atoms with Crippen LogP contribution in [-0.4, -0.2) is 18.0 Å². The fourth-order valence-electron chi connectivity index (χ4n) is 3.48. The molecule has 0 N–H and O–H groups in total. The molecule has 0 spiro atoms. The molecule has 2 aliphatic rings. The van der Waals surface area contributed by atoms with Gasteiger partial charge >= 0.3 is 0 Å². The average molecular weight is 314 g/mol.